The smallest absolute Gasteiger partial charge is 0.212 e. The summed E-state index contributed by atoms with van der Waals surface area (Å²) in [6.07, 6.45) is 6.66. The molecule has 0 aromatic carbocycles. The maximum atomic E-state index is 5.98. The first kappa shape index (κ1) is 14.3. The van der Waals surface area contributed by atoms with Gasteiger partial charge in [0, 0.05) is 30.9 Å². The highest BCUT2D eigenvalue weighted by Crippen LogP contribution is 2.23. The Morgan fingerprint density at radius 1 is 1.32 bits per heavy atom. The third kappa shape index (κ3) is 3.91. The molecule has 1 fully saturated rings. The number of methoxy groups -OCH3 is 1. The molecule has 1 saturated carbocycles. The van der Waals surface area contributed by atoms with E-state index >= 15 is 0 Å². The Hall–Kier alpha value is -1.13. The quantitative estimate of drug-likeness (QED) is 0.884. The normalized spacial score (nSPS) is 23.6. The summed E-state index contributed by atoms with van der Waals surface area (Å²) >= 11 is 0. The van der Waals surface area contributed by atoms with Crippen LogP contribution in [0.3, 0.4) is 0 Å². The van der Waals surface area contributed by atoms with E-state index in [1.54, 1.807) is 7.11 Å². The molecule has 4 nitrogen and oxygen atoms in total. The summed E-state index contributed by atoms with van der Waals surface area (Å²) in [6.45, 7) is 4.27. The van der Waals surface area contributed by atoms with Crippen molar-refractivity contribution in [3.8, 4) is 5.88 Å². The molecule has 2 rings (SSSR count). The fourth-order valence-corrected chi connectivity index (χ4v) is 2.83. The van der Waals surface area contributed by atoms with Crippen molar-refractivity contribution in [3.63, 3.8) is 0 Å². The number of aromatic nitrogens is 1. The van der Waals surface area contributed by atoms with Crippen molar-refractivity contribution in [1.29, 1.82) is 0 Å². The molecule has 19 heavy (non-hydrogen) atoms. The zero-order valence-corrected chi connectivity index (χ0v) is 12.0. The van der Waals surface area contributed by atoms with Gasteiger partial charge in [-0.3, -0.25) is 4.90 Å². The Kier molecular flexibility index (Phi) is 5.16. The van der Waals surface area contributed by atoms with E-state index in [0.717, 1.165) is 25.9 Å². The summed E-state index contributed by atoms with van der Waals surface area (Å²) < 4.78 is 5.09. The lowest BCUT2D eigenvalue weighted by molar-refractivity contribution is 0.149. The summed E-state index contributed by atoms with van der Waals surface area (Å²) in [5, 5.41) is 0. The van der Waals surface area contributed by atoms with Crippen molar-refractivity contribution in [2.45, 2.75) is 51.2 Å². The molecule has 0 spiro atoms. The third-order valence-corrected chi connectivity index (χ3v) is 4.06. The van der Waals surface area contributed by atoms with Crippen LogP contribution in [0.5, 0.6) is 5.88 Å². The number of hydrogen-bond donors (Lipinski definition) is 1. The molecular weight excluding hydrogens is 238 g/mol. The van der Waals surface area contributed by atoms with E-state index in [0.29, 0.717) is 18.0 Å². The molecule has 1 aliphatic carbocycles. The summed E-state index contributed by atoms with van der Waals surface area (Å²) in [7, 11) is 1.64. The third-order valence-electron chi connectivity index (χ3n) is 4.06. The van der Waals surface area contributed by atoms with E-state index in [1.807, 2.05) is 12.3 Å². The van der Waals surface area contributed by atoms with Crippen LogP contribution in [0.1, 0.15) is 38.2 Å². The molecule has 106 valence electrons. The minimum Gasteiger partial charge on any atom is -0.481 e. The van der Waals surface area contributed by atoms with Gasteiger partial charge in [-0.15, -0.1) is 0 Å². The predicted octanol–water partition coefficient (Wildman–Crippen LogP) is 2.18. The molecule has 0 aliphatic heterocycles. The lowest BCUT2D eigenvalue weighted by atomic mass is 9.90. The summed E-state index contributed by atoms with van der Waals surface area (Å²) in [4.78, 5) is 6.81. The van der Waals surface area contributed by atoms with Crippen LogP contribution in [0, 0.1) is 0 Å². The molecule has 0 amide bonds. The number of nitrogens with zero attached hydrogens (tertiary/aromatic N) is 2. The number of nitrogens with two attached hydrogens (primary N) is 1. The van der Waals surface area contributed by atoms with Gasteiger partial charge >= 0.3 is 0 Å². The van der Waals surface area contributed by atoms with Gasteiger partial charge in [-0.25, -0.2) is 4.98 Å². The van der Waals surface area contributed by atoms with Crippen molar-refractivity contribution < 1.29 is 4.74 Å². The van der Waals surface area contributed by atoms with Crippen LogP contribution >= 0.6 is 0 Å². The monoisotopic (exact) mass is 263 g/mol. The first-order valence-corrected chi connectivity index (χ1v) is 7.21. The molecule has 1 aromatic heterocycles. The Morgan fingerprint density at radius 2 is 2.05 bits per heavy atom. The van der Waals surface area contributed by atoms with Gasteiger partial charge in [-0.2, -0.15) is 0 Å². The van der Waals surface area contributed by atoms with Gasteiger partial charge in [0.2, 0.25) is 5.88 Å². The maximum absolute atomic E-state index is 5.98. The molecule has 2 N–H and O–H groups in total. The van der Waals surface area contributed by atoms with Crippen LogP contribution in [0.25, 0.3) is 0 Å². The number of rotatable bonds is 5. The van der Waals surface area contributed by atoms with Gasteiger partial charge in [0.15, 0.2) is 0 Å². The first-order chi connectivity index (χ1) is 9.22. The summed E-state index contributed by atoms with van der Waals surface area (Å²) in [5.41, 5.74) is 7.23. The molecule has 0 bridgehead atoms. The molecule has 1 heterocycles. The van der Waals surface area contributed by atoms with Crippen molar-refractivity contribution in [2.75, 3.05) is 13.7 Å². The highest BCUT2D eigenvalue weighted by Gasteiger charge is 2.23. The van der Waals surface area contributed by atoms with Crippen molar-refractivity contribution in [3.05, 3.63) is 23.9 Å². The zero-order valence-electron chi connectivity index (χ0n) is 12.0. The lowest BCUT2D eigenvalue weighted by Gasteiger charge is -2.35. The Morgan fingerprint density at radius 3 is 2.58 bits per heavy atom. The van der Waals surface area contributed by atoms with Gasteiger partial charge in [0.25, 0.3) is 0 Å². The molecule has 0 radical (unpaired) electrons. The van der Waals surface area contributed by atoms with Gasteiger partial charge in [0.1, 0.15) is 0 Å². The molecule has 1 aromatic rings. The fraction of sp³-hybridized carbons (Fsp3) is 0.667. The van der Waals surface area contributed by atoms with Crippen molar-refractivity contribution in [2.24, 2.45) is 5.73 Å². The highest BCUT2D eigenvalue weighted by atomic mass is 16.5. The van der Waals surface area contributed by atoms with Gasteiger partial charge in [-0.05, 0) is 37.8 Å². The molecule has 1 aliphatic rings. The van der Waals surface area contributed by atoms with Gasteiger partial charge in [-0.1, -0.05) is 13.0 Å². The van der Waals surface area contributed by atoms with E-state index in [4.69, 9.17) is 10.5 Å². The second-order valence-electron chi connectivity index (χ2n) is 5.34. The highest BCUT2D eigenvalue weighted by molar-refractivity contribution is 5.17. The van der Waals surface area contributed by atoms with E-state index in [2.05, 4.69) is 22.9 Å². The minimum atomic E-state index is 0.414. The maximum Gasteiger partial charge on any atom is 0.212 e. The van der Waals surface area contributed by atoms with Crippen molar-refractivity contribution in [1.82, 2.24) is 9.88 Å². The van der Waals surface area contributed by atoms with Crippen LogP contribution in [0.15, 0.2) is 18.3 Å². The van der Waals surface area contributed by atoms with E-state index < -0.39 is 0 Å². The predicted molar refractivity (Wildman–Crippen MR) is 77.1 cm³/mol. The summed E-state index contributed by atoms with van der Waals surface area (Å²) in [6, 6.07) is 5.12. The number of hydrogen-bond acceptors (Lipinski definition) is 4. The fourth-order valence-electron chi connectivity index (χ4n) is 2.83. The number of pyridine rings is 1. The largest absolute Gasteiger partial charge is 0.481 e. The van der Waals surface area contributed by atoms with Gasteiger partial charge < -0.3 is 10.5 Å². The van der Waals surface area contributed by atoms with E-state index in [-0.39, 0.29) is 0 Å². The standard InChI is InChI=1S/C15H25N3O/c1-3-18(14-7-5-13(16)6-8-14)11-12-4-9-15(19-2)17-10-12/h4,9-10,13-14H,3,5-8,11,16H2,1-2H3. The average Bonchev–Trinajstić information content (AvgIpc) is 2.46. The Labute approximate surface area is 116 Å². The lowest BCUT2D eigenvalue weighted by Crippen LogP contribution is -2.40. The molecular formula is C15H25N3O. The zero-order chi connectivity index (χ0) is 13.7. The topological polar surface area (TPSA) is 51.4 Å². The Bertz CT molecular complexity index is 371. The van der Waals surface area contributed by atoms with Crippen molar-refractivity contribution >= 4 is 0 Å². The van der Waals surface area contributed by atoms with E-state index in [9.17, 15) is 0 Å². The van der Waals surface area contributed by atoms with Gasteiger partial charge in [0.05, 0.1) is 7.11 Å². The van der Waals surface area contributed by atoms with Crippen LogP contribution in [0.2, 0.25) is 0 Å². The van der Waals surface area contributed by atoms with Crippen LogP contribution < -0.4 is 10.5 Å². The number of ether oxygens (including phenoxy) is 1. The second kappa shape index (κ2) is 6.87. The average molecular weight is 263 g/mol. The summed E-state index contributed by atoms with van der Waals surface area (Å²) in [5.74, 6) is 0.676. The minimum absolute atomic E-state index is 0.414. The first-order valence-electron chi connectivity index (χ1n) is 7.21. The second-order valence-corrected chi connectivity index (χ2v) is 5.34. The molecule has 4 heteroatoms. The molecule has 0 unspecified atom stereocenters. The SMILES string of the molecule is CCN(Cc1ccc(OC)nc1)C1CCC(N)CC1. The Balaban J connectivity index is 1.94. The van der Waals surface area contributed by atoms with Crippen LogP contribution in [-0.2, 0) is 6.54 Å². The van der Waals surface area contributed by atoms with E-state index in [1.165, 1.54) is 18.4 Å². The molecule has 0 atom stereocenters. The molecule has 0 saturated heterocycles. The van der Waals surface area contributed by atoms with Crippen LogP contribution in [-0.4, -0.2) is 35.6 Å². The van der Waals surface area contributed by atoms with Crippen LogP contribution in [0.4, 0.5) is 0 Å².